The molecule has 2 aliphatic rings. The van der Waals surface area contributed by atoms with Crippen molar-refractivity contribution >= 4 is 40.3 Å². The smallest absolute Gasteiger partial charge is 0.222 e. The van der Waals surface area contributed by atoms with Gasteiger partial charge in [-0.25, -0.2) is 9.97 Å². The van der Waals surface area contributed by atoms with Crippen molar-refractivity contribution in [2.45, 2.75) is 32.1 Å². The Morgan fingerprint density at radius 1 is 1.03 bits per heavy atom. The van der Waals surface area contributed by atoms with E-state index < -0.39 is 0 Å². The predicted octanol–water partition coefficient (Wildman–Crippen LogP) is 3.46. The molecule has 0 saturated carbocycles. The number of H-pyrrole nitrogens is 1. The van der Waals surface area contributed by atoms with Crippen LogP contribution in [0.5, 0.6) is 11.6 Å². The summed E-state index contributed by atoms with van der Waals surface area (Å²) in [6.45, 7) is 4.79. The van der Waals surface area contributed by atoms with Crippen LogP contribution in [0.25, 0.3) is 11.0 Å². The summed E-state index contributed by atoms with van der Waals surface area (Å²) in [6.07, 6.45) is 6.99. The number of carbonyl (C=O) groups excluding carboxylic acids is 1. The quantitative estimate of drug-likeness (QED) is 0.444. The first-order valence-corrected chi connectivity index (χ1v) is 13.3. The zero-order valence-electron chi connectivity index (χ0n) is 21.8. The van der Waals surface area contributed by atoms with Crippen LogP contribution in [0.4, 0.5) is 17.2 Å². The van der Waals surface area contributed by atoms with Crippen LogP contribution in [0.1, 0.15) is 37.7 Å². The second-order valence-corrected chi connectivity index (χ2v) is 9.60. The van der Waals surface area contributed by atoms with E-state index >= 15 is 0 Å². The number of hydrogen-bond acceptors (Lipinski definition) is 9. The van der Waals surface area contributed by atoms with Crippen LogP contribution >= 0.6 is 0 Å². The molecule has 11 heteroatoms. The number of hydrogen-bond donors (Lipinski definition) is 3. The SMILES string of the molecule is CN1CCCNc2ncnc3[nH]c(O)c(c23)C=Nc2ccc(N3CCOCC3)c(c2)OCCCCCC1=O. The van der Waals surface area contributed by atoms with Gasteiger partial charge in [0.1, 0.15) is 23.5 Å². The Labute approximate surface area is 221 Å². The van der Waals surface area contributed by atoms with Gasteiger partial charge in [-0.1, -0.05) is 0 Å². The molecule has 2 aliphatic heterocycles. The maximum absolute atomic E-state index is 12.5. The Hall–Kier alpha value is -3.86. The lowest BCUT2D eigenvalue weighted by molar-refractivity contribution is -0.130. The first-order chi connectivity index (χ1) is 18.6. The van der Waals surface area contributed by atoms with Crippen LogP contribution in [0.2, 0.25) is 0 Å². The number of nitrogens with one attached hydrogen (secondary N) is 2. The molecule has 1 amide bonds. The van der Waals surface area contributed by atoms with E-state index in [4.69, 9.17) is 9.47 Å². The van der Waals surface area contributed by atoms with Crippen LogP contribution in [0, 0.1) is 0 Å². The minimum atomic E-state index is -0.0267. The number of anilines is 2. The molecular weight excluding hydrogens is 486 g/mol. The van der Waals surface area contributed by atoms with Gasteiger partial charge in [0.25, 0.3) is 0 Å². The van der Waals surface area contributed by atoms with E-state index in [0.29, 0.717) is 67.4 Å². The van der Waals surface area contributed by atoms with E-state index in [2.05, 4.69) is 30.2 Å². The maximum Gasteiger partial charge on any atom is 0.222 e. The zero-order valence-corrected chi connectivity index (χ0v) is 21.8. The second-order valence-electron chi connectivity index (χ2n) is 9.60. The Balaban J connectivity index is 1.47. The molecule has 0 aliphatic carbocycles. The molecule has 1 aromatic carbocycles. The molecule has 0 unspecified atom stereocenters. The van der Waals surface area contributed by atoms with Crippen LogP contribution < -0.4 is 15.0 Å². The number of aliphatic imine (C=N–C) groups is 1. The van der Waals surface area contributed by atoms with E-state index in [1.165, 1.54) is 6.33 Å². The highest BCUT2D eigenvalue weighted by atomic mass is 16.5. The van der Waals surface area contributed by atoms with Gasteiger partial charge in [-0.3, -0.25) is 9.79 Å². The Bertz CT molecular complexity index is 1290. The van der Waals surface area contributed by atoms with Crippen molar-refractivity contribution in [2.24, 2.45) is 4.99 Å². The Morgan fingerprint density at radius 3 is 2.76 bits per heavy atom. The molecule has 3 N–H and O–H groups in total. The van der Waals surface area contributed by atoms with Crippen molar-refractivity contribution < 1.29 is 19.4 Å². The molecule has 0 radical (unpaired) electrons. The number of ether oxygens (including phenoxy) is 2. The Kier molecular flexibility index (Phi) is 8.22. The topological polar surface area (TPSA) is 128 Å². The van der Waals surface area contributed by atoms with Crippen LogP contribution in [0.15, 0.2) is 29.5 Å². The van der Waals surface area contributed by atoms with Gasteiger partial charge in [-0.05, 0) is 37.8 Å². The lowest BCUT2D eigenvalue weighted by Gasteiger charge is -2.30. The first kappa shape index (κ1) is 25.8. The molecule has 3 aromatic rings. The highest BCUT2D eigenvalue weighted by molar-refractivity contribution is 6.06. The number of aromatic amines is 1. The van der Waals surface area contributed by atoms with Crippen molar-refractivity contribution in [3.8, 4) is 11.6 Å². The fourth-order valence-corrected chi connectivity index (χ4v) is 4.77. The number of rotatable bonds is 1. The standard InChI is InChI=1S/C27H35N7O4/c1-33-10-5-9-28-25-24-20(27(36)32-26(24)31-18-30-25)17-29-19-7-8-21(34-11-14-37-15-12-34)22(16-19)38-13-4-2-3-6-23(33)35/h7-8,16-18,36H,2-6,9-15H2,1H3,(H2,28,30,31,32). The summed E-state index contributed by atoms with van der Waals surface area (Å²) in [7, 11) is 1.85. The fourth-order valence-electron chi connectivity index (χ4n) is 4.77. The Morgan fingerprint density at radius 2 is 1.89 bits per heavy atom. The van der Waals surface area contributed by atoms with Crippen molar-refractivity contribution in [1.82, 2.24) is 19.9 Å². The van der Waals surface area contributed by atoms with Crippen molar-refractivity contribution in [3.05, 3.63) is 30.1 Å². The minimum Gasteiger partial charge on any atom is -0.494 e. The van der Waals surface area contributed by atoms with Gasteiger partial charge in [0.15, 0.2) is 5.88 Å². The number of amides is 1. The molecule has 202 valence electrons. The normalized spacial score (nSPS) is 18.2. The highest BCUT2D eigenvalue weighted by Crippen LogP contribution is 2.34. The monoisotopic (exact) mass is 521 g/mol. The number of carbonyl (C=O) groups is 1. The molecule has 2 bridgehead atoms. The summed E-state index contributed by atoms with van der Waals surface area (Å²) in [5.74, 6) is 1.49. The van der Waals surface area contributed by atoms with Crippen LogP contribution in [0.3, 0.4) is 0 Å². The van der Waals surface area contributed by atoms with Crippen molar-refractivity contribution in [1.29, 1.82) is 0 Å². The molecule has 0 spiro atoms. The van der Waals surface area contributed by atoms with E-state index in [-0.39, 0.29) is 11.8 Å². The molecule has 1 saturated heterocycles. The highest BCUT2D eigenvalue weighted by Gasteiger charge is 2.18. The third-order valence-electron chi connectivity index (χ3n) is 6.93. The maximum atomic E-state index is 12.5. The summed E-state index contributed by atoms with van der Waals surface area (Å²) >= 11 is 0. The van der Waals surface area contributed by atoms with Gasteiger partial charge < -0.3 is 34.7 Å². The van der Waals surface area contributed by atoms with E-state index in [9.17, 15) is 9.90 Å². The number of morpholine rings is 1. The number of nitrogens with zero attached hydrogens (tertiary/aromatic N) is 5. The summed E-state index contributed by atoms with van der Waals surface area (Å²) in [5, 5.41) is 14.6. The molecule has 5 rings (SSSR count). The lowest BCUT2D eigenvalue weighted by Crippen LogP contribution is -2.36. The molecule has 0 atom stereocenters. The molecule has 2 aromatic heterocycles. The van der Waals surface area contributed by atoms with Crippen molar-refractivity contribution in [3.63, 3.8) is 0 Å². The minimum absolute atomic E-state index is 0.0267. The summed E-state index contributed by atoms with van der Waals surface area (Å²) in [5.41, 5.74) is 2.74. The molecule has 11 nitrogen and oxygen atoms in total. The van der Waals surface area contributed by atoms with E-state index in [1.807, 2.05) is 25.2 Å². The average molecular weight is 522 g/mol. The summed E-state index contributed by atoms with van der Waals surface area (Å²) in [6, 6.07) is 5.91. The van der Waals surface area contributed by atoms with Gasteiger partial charge >= 0.3 is 0 Å². The third-order valence-corrected chi connectivity index (χ3v) is 6.93. The van der Waals surface area contributed by atoms with Crippen molar-refractivity contribution in [2.75, 3.05) is 63.3 Å². The van der Waals surface area contributed by atoms with Gasteiger partial charge in [-0.15, -0.1) is 0 Å². The van der Waals surface area contributed by atoms with Gasteiger partial charge in [0.2, 0.25) is 5.91 Å². The number of fused-ring (bicyclic) bond motifs is 2. The molecule has 1 fully saturated rings. The van der Waals surface area contributed by atoms with Gasteiger partial charge in [0, 0.05) is 51.9 Å². The summed E-state index contributed by atoms with van der Waals surface area (Å²) in [4.78, 5) is 32.8. The lowest BCUT2D eigenvalue weighted by atomic mass is 10.2. The van der Waals surface area contributed by atoms with Gasteiger partial charge in [-0.2, -0.15) is 0 Å². The molecule has 4 heterocycles. The molecular formula is C27H35N7O4. The van der Waals surface area contributed by atoms with E-state index in [0.717, 1.165) is 50.2 Å². The van der Waals surface area contributed by atoms with Gasteiger partial charge in [0.05, 0.1) is 42.1 Å². The van der Waals surface area contributed by atoms with Crippen LogP contribution in [-0.4, -0.2) is 90.1 Å². The zero-order chi connectivity index (χ0) is 26.3. The average Bonchev–Trinajstić information content (AvgIpc) is 3.27. The number of aromatic hydroxyl groups is 1. The first-order valence-electron chi connectivity index (χ1n) is 13.3. The summed E-state index contributed by atoms with van der Waals surface area (Å²) < 4.78 is 11.8. The largest absolute Gasteiger partial charge is 0.494 e. The number of benzene rings is 1. The van der Waals surface area contributed by atoms with E-state index in [1.54, 1.807) is 11.1 Å². The molecule has 38 heavy (non-hydrogen) atoms. The predicted molar refractivity (Wildman–Crippen MR) is 147 cm³/mol. The number of aromatic nitrogens is 3. The third kappa shape index (κ3) is 5.99. The fraction of sp³-hybridized carbons (Fsp3) is 0.481. The second kappa shape index (κ2) is 12.1. The van der Waals surface area contributed by atoms with Crippen LogP contribution in [-0.2, 0) is 9.53 Å².